The molecule has 1 fully saturated rings. The first-order valence-corrected chi connectivity index (χ1v) is 10.4. The van der Waals surface area contributed by atoms with E-state index in [9.17, 15) is 4.79 Å². The van der Waals surface area contributed by atoms with Gasteiger partial charge in [0.25, 0.3) is 5.91 Å². The van der Waals surface area contributed by atoms with Crippen molar-refractivity contribution < 1.29 is 4.79 Å². The Kier molecular flexibility index (Phi) is 6.53. The molecule has 1 amide bonds. The molecule has 1 aromatic carbocycles. The maximum atomic E-state index is 13.1. The minimum absolute atomic E-state index is 0.218. The van der Waals surface area contributed by atoms with Gasteiger partial charge in [0.15, 0.2) is 5.69 Å². The fraction of sp³-hybridized carbons (Fsp3) is 0.261. The van der Waals surface area contributed by atoms with E-state index in [0.717, 1.165) is 37.3 Å². The lowest BCUT2D eigenvalue weighted by atomic mass is 10.0. The van der Waals surface area contributed by atoms with Gasteiger partial charge in [-0.1, -0.05) is 18.2 Å². The summed E-state index contributed by atoms with van der Waals surface area (Å²) in [6.07, 6.45) is 6.42. The molecule has 9 heteroatoms. The Labute approximate surface area is 186 Å². The van der Waals surface area contributed by atoms with Crippen LogP contribution in [0.2, 0.25) is 0 Å². The topological polar surface area (TPSA) is 119 Å². The van der Waals surface area contributed by atoms with Crippen LogP contribution < -0.4 is 20.9 Å². The number of para-hydroxylation sites is 1. The van der Waals surface area contributed by atoms with Gasteiger partial charge < -0.3 is 20.9 Å². The molecule has 0 atom stereocenters. The Hall–Kier alpha value is -4.03. The van der Waals surface area contributed by atoms with Gasteiger partial charge in [0.2, 0.25) is 0 Å². The summed E-state index contributed by atoms with van der Waals surface area (Å²) in [5, 5.41) is 18.3. The van der Waals surface area contributed by atoms with Gasteiger partial charge in [0.05, 0.1) is 23.6 Å². The van der Waals surface area contributed by atoms with Gasteiger partial charge in [-0.05, 0) is 38.1 Å². The summed E-state index contributed by atoms with van der Waals surface area (Å²) in [6, 6.07) is 13.5. The van der Waals surface area contributed by atoms with E-state index in [-0.39, 0.29) is 11.6 Å². The number of nitrogens with one attached hydrogen (secondary N) is 3. The van der Waals surface area contributed by atoms with Gasteiger partial charge in [0, 0.05) is 31.0 Å². The minimum atomic E-state index is -0.218. The van der Waals surface area contributed by atoms with Crippen molar-refractivity contribution >= 4 is 28.9 Å². The smallest absolute Gasteiger partial charge is 0.259 e. The number of nitrogens with zero attached hydrogens (tertiary/aromatic N) is 5. The van der Waals surface area contributed by atoms with Crippen molar-refractivity contribution in [2.24, 2.45) is 0 Å². The first-order valence-electron chi connectivity index (χ1n) is 10.4. The van der Waals surface area contributed by atoms with Crippen molar-refractivity contribution in [1.82, 2.24) is 20.3 Å². The average molecular weight is 429 g/mol. The minimum Gasteiger partial charge on any atom is -0.371 e. The molecule has 1 aliphatic rings. The summed E-state index contributed by atoms with van der Waals surface area (Å²) in [6.45, 7) is 1.88. The lowest BCUT2D eigenvalue weighted by molar-refractivity contribution is 0.102. The Bertz CT molecular complexity index is 1110. The standard InChI is InChI=1S/C23H24N8O/c1-31(18-7-9-25-10-8-18)20-11-21(30-22-15-26-17(12-24)13-27-22)28-14-19(20)23(32)29-16-5-3-2-4-6-16/h2-6,11,13-15,18,25H,7-10H2,1H3,(H,29,32)(H,27,28,30). The third-order valence-corrected chi connectivity index (χ3v) is 5.42. The number of hydrogen-bond acceptors (Lipinski definition) is 8. The molecular weight excluding hydrogens is 404 g/mol. The number of hydrogen-bond donors (Lipinski definition) is 3. The van der Waals surface area contributed by atoms with Crippen LogP contribution in [0, 0.1) is 11.3 Å². The second-order valence-electron chi connectivity index (χ2n) is 7.52. The molecule has 4 rings (SSSR count). The van der Waals surface area contributed by atoms with E-state index >= 15 is 0 Å². The van der Waals surface area contributed by atoms with Crippen LogP contribution in [0.4, 0.5) is 23.0 Å². The van der Waals surface area contributed by atoms with Gasteiger partial charge in [-0.25, -0.2) is 15.0 Å². The highest BCUT2D eigenvalue weighted by Crippen LogP contribution is 2.28. The van der Waals surface area contributed by atoms with E-state index in [1.165, 1.54) is 12.4 Å². The largest absolute Gasteiger partial charge is 0.371 e. The first kappa shape index (κ1) is 21.2. The molecule has 0 unspecified atom stereocenters. The zero-order valence-corrected chi connectivity index (χ0v) is 17.7. The summed E-state index contributed by atoms with van der Waals surface area (Å²) in [4.78, 5) is 27.9. The van der Waals surface area contributed by atoms with Gasteiger partial charge in [-0.15, -0.1) is 0 Å². The maximum Gasteiger partial charge on any atom is 0.259 e. The third kappa shape index (κ3) is 4.99. The highest BCUT2D eigenvalue weighted by molar-refractivity contribution is 6.08. The Balaban J connectivity index is 1.63. The van der Waals surface area contributed by atoms with E-state index in [4.69, 9.17) is 5.26 Å². The number of rotatable bonds is 6. The lowest BCUT2D eigenvalue weighted by Crippen LogP contribution is -2.41. The second-order valence-corrected chi connectivity index (χ2v) is 7.52. The molecule has 0 bridgehead atoms. The molecular formula is C23H24N8O. The van der Waals surface area contributed by atoms with Crippen molar-refractivity contribution in [2.75, 3.05) is 35.7 Å². The zero-order valence-electron chi connectivity index (χ0n) is 17.7. The molecule has 32 heavy (non-hydrogen) atoms. The predicted octanol–water partition coefficient (Wildman–Crippen LogP) is 2.93. The van der Waals surface area contributed by atoms with E-state index in [1.54, 1.807) is 6.20 Å². The van der Waals surface area contributed by atoms with Gasteiger partial charge in [-0.3, -0.25) is 4.79 Å². The molecule has 0 radical (unpaired) electrons. The number of pyridine rings is 1. The number of carbonyl (C=O) groups excluding carboxylic acids is 1. The lowest BCUT2D eigenvalue weighted by Gasteiger charge is -2.34. The zero-order chi connectivity index (χ0) is 22.3. The van der Waals surface area contributed by atoms with Crippen LogP contribution in [0.15, 0.2) is 55.0 Å². The van der Waals surface area contributed by atoms with Gasteiger partial charge in [0.1, 0.15) is 17.7 Å². The van der Waals surface area contributed by atoms with Gasteiger partial charge in [-0.2, -0.15) is 5.26 Å². The average Bonchev–Trinajstić information content (AvgIpc) is 2.85. The molecule has 162 valence electrons. The molecule has 0 aliphatic carbocycles. The molecule has 3 aromatic rings. The fourth-order valence-electron chi connectivity index (χ4n) is 3.67. The summed E-state index contributed by atoms with van der Waals surface area (Å²) < 4.78 is 0. The summed E-state index contributed by atoms with van der Waals surface area (Å²) in [7, 11) is 2.01. The van der Waals surface area contributed by atoms with E-state index in [2.05, 4.69) is 35.8 Å². The van der Waals surface area contributed by atoms with Gasteiger partial charge >= 0.3 is 0 Å². The molecule has 9 nitrogen and oxygen atoms in total. The van der Waals surface area contributed by atoms with Crippen molar-refractivity contribution in [3.05, 3.63) is 66.2 Å². The number of benzene rings is 1. The van der Waals surface area contributed by atoms with Crippen LogP contribution in [0.3, 0.4) is 0 Å². The SMILES string of the molecule is CN(c1cc(Nc2cnc(C#N)cn2)ncc1C(=O)Nc1ccccc1)C1CCNCC1. The number of nitriles is 1. The highest BCUT2D eigenvalue weighted by Gasteiger charge is 2.23. The molecule has 2 aromatic heterocycles. The fourth-order valence-corrected chi connectivity index (χ4v) is 3.67. The van der Waals surface area contributed by atoms with E-state index < -0.39 is 0 Å². The Morgan fingerprint density at radius 3 is 2.53 bits per heavy atom. The normalized spacial score (nSPS) is 13.8. The van der Waals surface area contributed by atoms with Crippen LogP contribution in [0.25, 0.3) is 0 Å². The van der Waals surface area contributed by atoms with Crippen LogP contribution in [-0.4, -0.2) is 47.0 Å². The molecule has 0 saturated carbocycles. The second kappa shape index (κ2) is 9.85. The van der Waals surface area contributed by atoms with E-state index in [0.29, 0.717) is 23.2 Å². The predicted molar refractivity (Wildman–Crippen MR) is 123 cm³/mol. The van der Waals surface area contributed by atoms with E-state index in [1.807, 2.05) is 49.5 Å². The highest BCUT2D eigenvalue weighted by atomic mass is 16.1. The molecule has 3 N–H and O–H groups in total. The van der Waals surface area contributed by atoms with Crippen molar-refractivity contribution in [3.63, 3.8) is 0 Å². The quantitative estimate of drug-likeness (QED) is 0.548. The van der Waals surface area contributed by atoms with Crippen molar-refractivity contribution in [3.8, 4) is 6.07 Å². The molecule has 1 aliphatic heterocycles. The summed E-state index contributed by atoms with van der Waals surface area (Å²) >= 11 is 0. The Morgan fingerprint density at radius 1 is 1.09 bits per heavy atom. The number of anilines is 4. The molecule has 0 spiro atoms. The van der Waals surface area contributed by atoms with Crippen LogP contribution >= 0.6 is 0 Å². The number of carbonyl (C=O) groups is 1. The molecule has 1 saturated heterocycles. The van der Waals surface area contributed by atoms with Crippen LogP contribution in [0.5, 0.6) is 0 Å². The van der Waals surface area contributed by atoms with Crippen LogP contribution in [-0.2, 0) is 0 Å². The van der Waals surface area contributed by atoms with Crippen molar-refractivity contribution in [1.29, 1.82) is 5.26 Å². The number of aromatic nitrogens is 3. The summed E-state index contributed by atoms with van der Waals surface area (Å²) in [5.74, 6) is 0.786. The summed E-state index contributed by atoms with van der Waals surface area (Å²) in [5.41, 5.74) is 2.24. The first-order chi connectivity index (χ1) is 15.6. The number of amides is 1. The monoisotopic (exact) mass is 428 g/mol. The van der Waals surface area contributed by atoms with Crippen molar-refractivity contribution in [2.45, 2.75) is 18.9 Å². The number of piperidine rings is 1. The third-order valence-electron chi connectivity index (χ3n) is 5.42. The van der Waals surface area contributed by atoms with Crippen LogP contribution in [0.1, 0.15) is 28.9 Å². The maximum absolute atomic E-state index is 13.1. The molecule has 3 heterocycles. The Morgan fingerprint density at radius 2 is 1.84 bits per heavy atom.